The molecule has 0 fully saturated rings. The highest BCUT2D eigenvalue weighted by Crippen LogP contribution is 2.17. The van der Waals surface area contributed by atoms with Gasteiger partial charge in [0.05, 0.1) is 11.5 Å². The minimum absolute atomic E-state index is 0.0547. The van der Waals surface area contributed by atoms with Crippen LogP contribution in [0.4, 0.5) is 0 Å². The summed E-state index contributed by atoms with van der Waals surface area (Å²) in [7, 11) is -3.17. The molecule has 0 bridgehead atoms. The second kappa shape index (κ2) is 8.57. The number of aromatic amines is 1. The summed E-state index contributed by atoms with van der Waals surface area (Å²) in [5, 5.41) is 0. The SMILES string of the molecule is C[C@@H](CS(=O)(=O)CC/C=C/Cn1cnc(=O)[nH]c1=O)c1ccccc1. The van der Waals surface area contributed by atoms with Gasteiger partial charge in [0.25, 0.3) is 0 Å². The van der Waals surface area contributed by atoms with Crippen molar-refractivity contribution >= 4 is 9.84 Å². The zero-order valence-electron chi connectivity index (χ0n) is 14.0. The number of hydrogen-bond donors (Lipinski definition) is 1. The summed E-state index contributed by atoms with van der Waals surface area (Å²) in [6.45, 7) is 2.13. The molecule has 7 nitrogen and oxygen atoms in total. The summed E-state index contributed by atoms with van der Waals surface area (Å²) in [6, 6.07) is 9.55. The number of H-pyrrole nitrogens is 1. The molecule has 0 spiro atoms. The third-order valence-corrected chi connectivity index (χ3v) is 5.59. The predicted octanol–water partition coefficient (Wildman–Crippen LogP) is 1.10. The van der Waals surface area contributed by atoms with Crippen LogP contribution in [0.1, 0.15) is 24.8 Å². The van der Waals surface area contributed by atoms with Gasteiger partial charge in [-0.3, -0.25) is 9.55 Å². The Bertz CT molecular complexity index is 930. The van der Waals surface area contributed by atoms with E-state index >= 15 is 0 Å². The Morgan fingerprint density at radius 1 is 1.20 bits per heavy atom. The average molecular weight is 363 g/mol. The number of aromatic nitrogens is 3. The normalized spacial score (nSPS) is 13.2. The van der Waals surface area contributed by atoms with Crippen LogP contribution in [0.15, 0.2) is 58.4 Å². The first-order valence-electron chi connectivity index (χ1n) is 7.93. The second-order valence-corrected chi connectivity index (χ2v) is 8.05. The first kappa shape index (κ1) is 18.9. The molecule has 1 aromatic carbocycles. The molecule has 0 saturated carbocycles. The van der Waals surface area contributed by atoms with E-state index in [1.54, 1.807) is 12.2 Å². The first-order valence-corrected chi connectivity index (χ1v) is 9.75. The quantitative estimate of drug-likeness (QED) is 0.708. The minimum Gasteiger partial charge on any atom is -0.280 e. The summed E-state index contributed by atoms with van der Waals surface area (Å²) in [4.78, 5) is 27.8. The van der Waals surface area contributed by atoms with Crippen LogP contribution in [0, 0.1) is 0 Å². The first-order chi connectivity index (χ1) is 11.9. The van der Waals surface area contributed by atoms with Gasteiger partial charge >= 0.3 is 11.4 Å². The molecule has 134 valence electrons. The fourth-order valence-corrected chi connectivity index (χ4v) is 4.01. The smallest absolute Gasteiger partial charge is 0.280 e. The van der Waals surface area contributed by atoms with Gasteiger partial charge in [0.15, 0.2) is 9.84 Å². The molecule has 0 radical (unpaired) electrons. The Kier molecular flexibility index (Phi) is 6.46. The van der Waals surface area contributed by atoms with E-state index in [0.717, 1.165) is 11.9 Å². The molecule has 0 aliphatic rings. The summed E-state index contributed by atoms with van der Waals surface area (Å²) in [5.41, 5.74) is -0.232. The van der Waals surface area contributed by atoms with Crippen LogP contribution in [0.25, 0.3) is 0 Å². The predicted molar refractivity (Wildman–Crippen MR) is 96.4 cm³/mol. The lowest BCUT2D eigenvalue weighted by Crippen LogP contribution is -2.30. The average Bonchev–Trinajstić information content (AvgIpc) is 2.56. The number of sulfone groups is 1. The maximum Gasteiger partial charge on any atom is 0.350 e. The second-order valence-electron chi connectivity index (χ2n) is 5.82. The van der Waals surface area contributed by atoms with E-state index in [9.17, 15) is 18.0 Å². The molecule has 2 aromatic rings. The molecular weight excluding hydrogens is 342 g/mol. The van der Waals surface area contributed by atoms with Crippen molar-refractivity contribution < 1.29 is 8.42 Å². The van der Waals surface area contributed by atoms with Crippen molar-refractivity contribution in [3.8, 4) is 0 Å². The molecule has 0 amide bonds. The van der Waals surface area contributed by atoms with Crippen LogP contribution in [0.5, 0.6) is 0 Å². The molecule has 0 unspecified atom stereocenters. The van der Waals surface area contributed by atoms with E-state index in [1.807, 2.05) is 37.3 Å². The number of benzene rings is 1. The van der Waals surface area contributed by atoms with E-state index in [-0.39, 0.29) is 24.0 Å². The minimum atomic E-state index is -3.17. The lowest BCUT2D eigenvalue weighted by atomic mass is 10.0. The Labute approximate surface area is 146 Å². The zero-order valence-corrected chi connectivity index (χ0v) is 14.8. The van der Waals surface area contributed by atoms with Crippen LogP contribution in [-0.4, -0.2) is 34.5 Å². The lowest BCUT2D eigenvalue weighted by Gasteiger charge is -2.11. The molecule has 8 heteroatoms. The van der Waals surface area contributed by atoms with Gasteiger partial charge in [-0.05, 0) is 17.9 Å². The maximum absolute atomic E-state index is 12.2. The van der Waals surface area contributed by atoms with Gasteiger partial charge in [0, 0.05) is 6.54 Å². The Morgan fingerprint density at radius 2 is 1.92 bits per heavy atom. The van der Waals surface area contributed by atoms with Crippen molar-refractivity contribution in [1.82, 2.24) is 14.5 Å². The maximum atomic E-state index is 12.2. The van der Waals surface area contributed by atoms with E-state index < -0.39 is 21.2 Å². The van der Waals surface area contributed by atoms with Gasteiger partial charge in [-0.2, -0.15) is 4.98 Å². The molecule has 1 aromatic heterocycles. The molecule has 1 heterocycles. The summed E-state index contributed by atoms with van der Waals surface area (Å²) in [6.07, 6.45) is 4.92. The topological polar surface area (TPSA) is 102 Å². The van der Waals surface area contributed by atoms with E-state index in [2.05, 4.69) is 9.97 Å². The number of rotatable bonds is 8. The third-order valence-electron chi connectivity index (χ3n) is 3.73. The Morgan fingerprint density at radius 3 is 2.60 bits per heavy atom. The van der Waals surface area contributed by atoms with Crippen LogP contribution in [0.3, 0.4) is 0 Å². The largest absolute Gasteiger partial charge is 0.350 e. The van der Waals surface area contributed by atoms with Gasteiger partial charge in [-0.25, -0.2) is 18.0 Å². The monoisotopic (exact) mass is 363 g/mol. The van der Waals surface area contributed by atoms with Crippen LogP contribution < -0.4 is 11.4 Å². The van der Waals surface area contributed by atoms with Crippen molar-refractivity contribution in [2.45, 2.75) is 25.8 Å². The van der Waals surface area contributed by atoms with E-state index in [4.69, 9.17) is 0 Å². The molecule has 0 saturated heterocycles. The molecule has 0 aliphatic carbocycles. The van der Waals surface area contributed by atoms with Gasteiger partial charge in [0.2, 0.25) is 0 Å². The lowest BCUT2D eigenvalue weighted by molar-refractivity contribution is 0.590. The standard InChI is InChI=1S/C17H21N3O4S/c1-14(15-8-4-2-5-9-15)12-25(23,24)11-7-3-6-10-20-13-18-16(21)19-17(20)22/h2-6,8-9,13-14H,7,10-12H2,1H3,(H,19,21,22)/b6-3+/t14-/m0/s1. The Balaban J connectivity index is 1.83. The molecular formula is C17H21N3O4S. The molecule has 1 atom stereocenters. The van der Waals surface area contributed by atoms with E-state index in [0.29, 0.717) is 6.42 Å². The van der Waals surface area contributed by atoms with Crippen molar-refractivity contribution in [2.24, 2.45) is 0 Å². The Hall–Kier alpha value is -2.48. The molecule has 1 N–H and O–H groups in total. The summed E-state index contributed by atoms with van der Waals surface area (Å²) < 4.78 is 25.6. The fourth-order valence-electron chi connectivity index (χ4n) is 2.40. The highest BCUT2D eigenvalue weighted by atomic mass is 32.2. The van der Waals surface area contributed by atoms with Gasteiger partial charge in [-0.1, -0.05) is 49.4 Å². The van der Waals surface area contributed by atoms with Gasteiger partial charge < -0.3 is 0 Å². The third kappa shape index (κ3) is 6.15. The fraction of sp³-hybridized carbons (Fsp3) is 0.353. The van der Waals surface area contributed by atoms with Crippen molar-refractivity contribution in [3.05, 3.63) is 75.3 Å². The van der Waals surface area contributed by atoms with Crippen LogP contribution >= 0.6 is 0 Å². The van der Waals surface area contributed by atoms with Gasteiger partial charge in [0.1, 0.15) is 6.33 Å². The van der Waals surface area contributed by atoms with Crippen LogP contribution in [-0.2, 0) is 16.4 Å². The van der Waals surface area contributed by atoms with E-state index in [1.165, 1.54) is 4.57 Å². The number of allylic oxidation sites excluding steroid dienone is 2. The van der Waals surface area contributed by atoms with Crippen molar-refractivity contribution in [1.29, 1.82) is 0 Å². The molecule has 25 heavy (non-hydrogen) atoms. The number of nitrogens with one attached hydrogen (secondary N) is 1. The molecule has 2 rings (SSSR count). The highest BCUT2D eigenvalue weighted by molar-refractivity contribution is 7.91. The number of nitrogens with zero attached hydrogens (tertiary/aromatic N) is 2. The number of hydrogen-bond acceptors (Lipinski definition) is 5. The molecule has 0 aliphatic heterocycles. The highest BCUT2D eigenvalue weighted by Gasteiger charge is 2.16. The summed E-state index contributed by atoms with van der Waals surface area (Å²) in [5.74, 6) is 0.106. The zero-order chi connectivity index (χ0) is 18.3. The van der Waals surface area contributed by atoms with Crippen molar-refractivity contribution in [3.63, 3.8) is 0 Å². The van der Waals surface area contributed by atoms with Crippen LogP contribution in [0.2, 0.25) is 0 Å². The van der Waals surface area contributed by atoms with Gasteiger partial charge in [-0.15, -0.1) is 0 Å². The summed E-state index contributed by atoms with van der Waals surface area (Å²) >= 11 is 0. The van der Waals surface area contributed by atoms with Crippen molar-refractivity contribution in [2.75, 3.05) is 11.5 Å².